The van der Waals surface area contributed by atoms with Crippen LogP contribution < -0.4 is 26.6 Å². The quantitative estimate of drug-likeness (QED) is 0.268. The third-order valence-electron chi connectivity index (χ3n) is 8.93. The fourth-order valence-corrected chi connectivity index (χ4v) is 6.15. The first-order valence-corrected chi connectivity index (χ1v) is 16.3. The molecule has 14 nitrogen and oxygen atoms in total. The van der Waals surface area contributed by atoms with E-state index >= 15 is 0 Å². The summed E-state index contributed by atoms with van der Waals surface area (Å²) in [6.45, 7) is 11.0. The van der Waals surface area contributed by atoms with Gasteiger partial charge in [0, 0.05) is 13.1 Å². The van der Waals surface area contributed by atoms with Gasteiger partial charge in [-0.1, -0.05) is 48.0 Å². The van der Waals surface area contributed by atoms with Crippen molar-refractivity contribution in [2.45, 2.75) is 110 Å². The van der Waals surface area contributed by atoms with Gasteiger partial charge in [-0.15, -0.1) is 0 Å². The third kappa shape index (κ3) is 9.16. The largest absolute Gasteiger partial charge is 0.345 e. The fourth-order valence-electron chi connectivity index (χ4n) is 6.15. The average molecular weight is 634 g/mol. The summed E-state index contributed by atoms with van der Waals surface area (Å²) in [5.41, 5.74) is 0. The highest BCUT2D eigenvalue weighted by Gasteiger charge is 2.41. The summed E-state index contributed by atoms with van der Waals surface area (Å²) in [5.74, 6) is -4.08. The summed E-state index contributed by atoms with van der Waals surface area (Å²) in [6.07, 6.45) is 2.82. The molecular weight excluding hydrogens is 582 g/mol. The zero-order valence-electron chi connectivity index (χ0n) is 27.4. The van der Waals surface area contributed by atoms with Crippen molar-refractivity contribution in [2.24, 2.45) is 17.8 Å². The normalized spacial score (nSPS) is 28.9. The van der Waals surface area contributed by atoms with E-state index < -0.39 is 78.1 Å². The minimum absolute atomic E-state index is 0.0258. The molecule has 6 atom stereocenters. The lowest BCUT2D eigenvalue weighted by molar-refractivity contribution is -0.143. The molecular formula is C31H51N7O7. The van der Waals surface area contributed by atoms with E-state index in [0.29, 0.717) is 51.6 Å². The standard InChI is InChI=1S/C31H51N7O7/c1-7-19(6)26-30(44)33-16-24(40)37-12-8-10-21(37)28(42)32-15-23(39)34-20(14-17(2)3)27(41)35-25(18(4)5)31(45)38-13-9-11-22(38)29(43)36-26/h17-22,25-26H,7-16H2,1-6H3,(H,32,42)(H,33,44)(H,34,39)(H,35,41)(H,36,43)/t19-,20-,21-,22-,25-,26-/m0/s1. The Kier molecular flexibility index (Phi) is 12.7. The molecule has 3 heterocycles. The molecule has 45 heavy (non-hydrogen) atoms. The Morgan fingerprint density at radius 2 is 1.27 bits per heavy atom. The van der Waals surface area contributed by atoms with Crippen molar-refractivity contribution in [2.75, 3.05) is 26.2 Å². The van der Waals surface area contributed by atoms with Gasteiger partial charge < -0.3 is 36.4 Å². The lowest BCUT2D eigenvalue weighted by atomic mass is 9.97. The van der Waals surface area contributed by atoms with Gasteiger partial charge in [-0.2, -0.15) is 0 Å². The van der Waals surface area contributed by atoms with Gasteiger partial charge in [0.1, 0.15) is 30.2 Å². The Balaban J connectivity index is 1.94. The monoisotopic (exact) mass is 633 g/mol. The summed E-state index contributed by atoms with van der Waals surface area (Å²) < 4.78 is 0. The van der Waals surface area contributed by atoms with Crippen LogP contribution in [0.4, 0.5) is 0 Å². The summed E-state index contributed by atoms with van der Waals surface area (Å²) in [5, 5.41) is 13.5. The van der Waals surface area contributed by atoms with Crippen molar-refractivity contribution >= 4 is 41.4 Å². The van der Waals surface area contributed by atoms with Gasteiger partial charge in [0.25, 0.3) is 0 Å². The Labute approximate surface area is 265 Å². The summed E-state index contributed by atoms with van der Waals surface area (Å²) in [6, 6.07) is -4.51. The van der Waals surface area contributed by atoms with Gasteiger partial charge in [0.15, 0.2) is 0 Å². The maximum atomic E-state index is 13.8. The zero-order valence-corrected chi connectivity index (χ0v) is 27.4. The molecule has 3 rings (SSSR count). The zero-order chi connectivity index (χ0) is 33.4. The van der Waals surface area contributed by atoms with Crippen LogP contribution >= 0.6 is 0 Å². The fraction of sp³-hybridized carbons (Fsp3) is 0.774. The van der Waals surface area contributed by atoms with Crippen molar-refractivity contribution < 1.29 is 33.6 Å². The van der Waals surface area contributed by atoms with Gasteiger partial charge in [-0.3, -0.25) is 33.6 Å². The van der Waals surface area contributed by atoms with Crippen LogP contribution in [0.2, 0.25) is 0 Å². The molecule has 0 aromatic rings. The molecule has 0 bridgehead atoms. The van der Waals surface area contributed by atoms with Crippen molar-refractivity contribution in [1.29, 1.82) is 0 Å². The van der Waals surface area contributed by atoms with Gasteiger partial charge >= 0.3 is 0 Å². The topological polar surface area (TPSA) is 186 Å². The minimum Gasteiger partial charge on any atom is -0.345 e. The maximum Gasteiger partial charge on any atom is 0.246 e. The predicted octanol–water partition coefficient (Wildman–Crippen LogP) is -0.583. The SMILES string of the molecule is CC[C@H](C)[C@@H]1NC(=O)[C@@H]2CCCN2C(=O)[C@H](C(C)C)NC(=O)[C@H](CC(C)C)NC(=O)CNC(=O)[C@@H]2CCCN2C(=O)CNC1=O. The van der Waals surface area contributed by atoms with Gasteiger partial charge in [0.05, 0.1) is 13.1 Å². The Bertz CT molecular complexity index is 1140. The predicted molar refractivity (Wildman–Crippen MR) is 165 cm³/mol. The van der Waals surface area contributed by atoms with Crippen LogP contribution in [0.25, 0.3) is 0 Å². The molecule has 252 valence electrons. The van der Waals surface area contributed by atoms with Crippen LogP contribution in [-0.2, 0) is 33.6 Å². The number of hydrogen-bond acceptors (Lipinski definition) is 7. The van der Waals surface area contributed by atoms with Crippen molar-refractivity contribution in [3.8, 4) is 0 Å². The molecule has 0 aromatic heterocycles. The van der Waals surface area contributed by atoms with Gasteiger partial charge in [-0.05, 0) is 49.9 Å². The Hall–Kier alpha value is -3.71. The number of rotatable bonds is 5. The van der Waals surface area contributed by atoms with Crippen LogP contribution in [0, 0.1) is 17.8 Å². The van der Waals surface area contributed by atoms with E-state index in [2.05, 4.69) is 26.6 Å². The number of nitrogens with zero attached hydrogens (tertiary/aromatic N) is 2. The summed E-state index contributed by atoms with van der Waals surface area (Å²) in [4.78, 5) is 96.1. The lowest BCUT2D eigenvalue weighted by Gasteiger charge is -2.33. The van der Waals surface area contributed by atoms with E-state index in [1.165, 1.54) is 9.80 Å². The molecule has 7 amide bonds. The minimum atomic E-state index is -0.965. The van der Waals surface area contributed by atoms with Crippen LogP contribution in [0.15, 0.2) is 0 Å². The van der Waals surface area contributed by atoms with E-state index in [4.69, 9.17) is 0 Å². The molecule has 0 saturated carbocycles. The second kappa shape index (κ2) is 16.0. The molecule has 3 aliphatic rings. The van der Waals surface area contributed by atoms with Gasteiger partial charge in [0.2, 0.25) is 41.4 Å². The van der Waals surface area contributed by atoms with Crippen LogP contribution in [0.1, 0.15) is 80.1 Å². The molecule has 0 unspecified atom stereocenters. The smallest absolute Gasteiger partial charge is 0.246 e. The first-order chi connectivity index (χ1) is 21.2. The van der Waals surface area contributed by atoms with Crippen LogP contribution in [-0.4, -0.2) is 108 Å². The van der Waals surface area contributed by atoms with Crippen LogP contribution in [0.3, 0.4) is 0 Å². The molecule has 0 spiro atoms. The van der Waals surface area contributed by atoms with Crippen molar-refractivity contribution in [3.05, 3.63) is 0 Å². The maximum absolute atomic E-state index is 13.8. The van der Waals surface area contributed by atoms with Crippen molar-refractivity contribution in [3.63, 3.8) is 0 Å². The molecule has 0 aromatic carbocycles. The third-order valence-corrected chi connectivity index (χ3v) is 8.93. The molecule has 5 N–H and O–H groups in total. The number of carbonyl (C=O) groups excluding carboxylic acids is 7. The summed E-state index contributed by atoms with van der Waals surface area (Å²) >= 11 is 0. The Morgan fingerprint density at radius 1 is 0.689 bits per heavy atom. The molecule has 0 radical (unpaired) electrons. The number of hydrogen-bond donors (Lipinski definition) is 5. The van der Waals surface area contributed by atoms with E-state index in [0.717, 1.165) is 0 Å². The lowest BCUT2D eigenvalue weighted by Crippen LogP contribution is -2.60. The average Bonchev–Trinajstić information content (AvgIpc) is 3.68. The Morgan fingerprint density at radius 3 is 1.87 bits per heavy atom. The number of carbonyl (C=O) groups is 7. The highest BCUT2D eigenvalue weighted by Crippen LogP contribution is 2.22. The second-order valence-electron chi connectivity index (χ2n) is 13.2. The van der Waals surface area contributed by atoms with Crippen molar-refractivity contribution in [1.82, 2.24) is 36.4 Å². The first-order valence-electron chi connectivity index (χ1n) is 16.3. The first kappa shape index (κ1) is 35.8. The number of nitrogens with one attached hydrogen (secondary N) is 5. The van der Waals surface area contributed by atoms with Crippen LogP contribution in [0.5, 0.6) is 0 Å². The highest BCUT2D eigenvalue weighted by molar-refractivity contribution is 5.97. The molecule has 0 aliphatic carbocycles. The summed E-state index contributed by atoms with van der Waals surface area (Å²) in [7, 11) is 0. The van der Waals surface area contributed by atoms with E-state index in [1.807, 2.05) is 27.7 Å². The molecule has 3 fully saturated rings. The van der Waals surface area contributed by atoms with E-state index in [9.17, 15) is 33.6 Å². The number of fused-ring (bicyclic) bond motifs is 2. The molecule has 3 saturated heterocycles. The van der Waals surface area contributed by atoms with E-state index in [1.54, 1.807) is 13.8 Å². The van der Waals surface area contributed by atoms with E-state index in [-0.39, 0.29) is 24.3 Å². The molecule has 3 aliphatic heterocycles. The number of amides is 7. The second-order valence-corrected chi connectivity index (χ2v) is 13.2. The van der Waals surface area contributed by atoms with Gasteiger partial charge in [-0.25, -0.2) is 0 Å². The highest BCUT2D eigenvalue weighted by atomic mass is 16.2. The molecule has 14 heteroatoms.